The fourth-order valence-corrected chi connectivity index (χ4v) is 2.99. The van der Waals surface area contributed by atoms with Gasteiger partial charge in [-0.1, -0.05) is 23.7 Å². The van der Waals surface area contributed by atoms with Gasteiger partial charge in [0.25, 0.3) is 0 Å². The summed E-state index contributed by atoms with van der Waals surface area (Å²) in [6, 6.07) is 11.8. The van der Waals surface area contributed by atoms with E-state index >= 15 is 0 Å². The summed E-state index contributed by atoms with van der Waals surface area (Å²) in [4.78, 5) is 7.92. The lowest BCUT2D eigenvalue weighted by molar-refractivity contribution is 0.230. The minimum absolute atomic E-state index is 0.0627. The summed E-state index contributed by atoms with van der Waals surface area (Å²) in [7, 11) is 1.63. The van der Waals surface area contributed by atoms with E-state index in [1.165, 1.54) is 0 Å². The molecule has 0 aliphatic carbocycles. The number of nitrogens with zero attached hydrogens (tertiary/aromatic N) is 1. The summed E-state index contributed by atoms with van der Waals surface area (Å²) < 4.78 is 11.2. The standard InChI is InChI=1S/C20H24ClN3O2/c1-13(2)26-19-11-15(21)14(10-18(19)25-3)12-22-9-8-20-23-16-6-4-5-7-17(16)24-20/h4-7,10-11,13,22H,8-9,12H2,1-3H3,(H,23,24). The number of H-pyrrole nitrogens is 1. The number of nitrogens with one attached hydrogen (secondary N) is 2. The smallest absolute Gasteiger partial charge is 0.163 e. The second kappa shape index (κ2) is 8.43. The molecule has 1 heterocycles. The number of imidazole rings is 1. The molecule has 0 atom stereocenters. The van der Waals surface area contributed by atoms with Gasteiger partial charge in [-0.25, -0.2) is 4.98 Å². The van der Waals surface area contributed by atoms with Crippen LogP contribution in [0.3, 0.4) is 0 Å². The number of hydrogen-bond acceptors (Lipinski definition) is 4. The minimum Gasteiger partial charge on any atom is -0.493 e. The molecule has 0 aliphatic heterocycles. The van der Waals surface area contributed by atoms with Crippen molar-refractivity contribution in [1.29, 1.82) is 0 Å². The molecular formula is C20H24ClN3O2. The largest absolute Gasteiger partial charge is 0.493 e. The van der Waals surface area contributed by atoms with Crippen molar-refractivity contribution in [3.05, 3.63) is 52.8 Å². The molecule has 0 bridgehead atoms. The summed E-state index contributed by atoms with van der Waals surface area (Å²) in [5, 5.41) is 4.07. The number of methoxy groups -OCH3 is 1. The zero-order valence-electron chi connectivity index (χ0n) is 15.3. The van der Waals surface area contributed by atoms with Crippen molar-refractivity contribution >= 4 is 22.6 Å². The molecule has 0 radical (unpaired) electrons. The number of fused-ring (bicyclic) bond motifs is 1. The molecule has 2 aromatic carbocycles. The number of ether oxygens (including phenoxy) is 2. The first-order chi connectivity index (χ1) is 12.6. The van der Waals surface area contributed by atoms with E-state index in [-0.39, 0.29) is 6.10 Å². The van der Waals surface area contributed by atoms with E-state index in [0.29, 0.717) is 23.1 Å². The van der Waals surface area contributed by atoms with Crippen molar-refractivity contribution in [2.75, 3.05) is 13.7 Å². The molecule has 1 aromatic heterocycles. The molecule has 2 N–H and O–H groups in total. The highest BCUT2D eigenvalue weighted by Gasteiger charge is 2.12. The van der Waals surface area contributed by atoms with Gasteiger partial charge < -0.3 is 19.8 Å². The maximum absolute atomic E-state index is 6.40. The van der Waals surface area contributed by atoms with Gasteiger partial charge in [-0.05, 0) is 37.6 Å². The van der Waals surface area contributed by atoms with Crippen LogP contribution in [0, 0.1) is 0 Å². The van der Waals surface area contributed by atoms with Gasteiger partial charge in [0.1, 0.15) is 5.82 Å². The molecule has 0 saturated carbocycles. The Labute approximate surface area is 158 Å². The highest BCUT2D eigenvalue weighted by Crippen LogP contribution is 2.34. The van der Waals surface area contributed by atoms with Crippen molar-refractivity contribution in [1.82, 2.24) is 15.3 Å². The van der Waals surface area contributed by atoms with Gasteiger partial charge in [0.05, 0.1) is 24.2 Å². The van der Waals surface area contributed by atoms with Gasteiger partial charge in [0.15, 0.2) is 11.5 Å². The van der Waals surface area contributed by atoms with Crippen LogP contribution in [0.4, 0.5) is 0 Å². The number of benzene rings is 2. The molecule has 0 saturated heterocycles. The summed E-state index contributed by atoms with van der Waals surface area (Å²) in [6.07, 6.45) is 0.880. The zero-order chi connectivity index (χ0) is 18.5. The fraction of sp³-hybridized carbons (Fsp3) is 0.350. The number of para-hydroxylation sites is 2. The monoisotopic (exact) mass is 373 g/mol. The van der Waals surface area contributed by atoms with E-state index in [2.05, 4.69) is 15.3 Å². The van der Waals surface area contributed by atoms with E-state index in [4.69, 9.17) is 21.1 Å². The third kappa shape index (κ3) is 4.48. The highest BCUT2D eigenvalue weighted by molar-refractivity contribution is 6.31. The fourth-order valence-electron chi connectivity index (χ4n) is 2.77. The van der Waals surface area contributed by atoms with Gasteiger partial charge in [0, 0.05) is 30.6 Å². The Hall–Kier alpha value is -2.24. The number of hydrogen-bond donors (Lipinski definition) is 2. The second-order valence-electron chi connectivity index (χ2n) is 6.39. The predicted octanol–water partition coefficient (Wildman–Crippen LogP) is 4.34. The molecule has 5 nitrogen and oxygen atoms in total. The van der Waals surface area contributed by atoms with Crippen molar-refractivity contribution < 1.29 is 9.47 Å². The maximum Gasteiger partial charge on any atom is 0.163 e. The van der Waals surface area contributed by atoms with Crippen molar-refractivity contribution in [2.45, 2.75) is 32.9 Å². The molecule has 0 unspecified atom stereocenters. The van der Waals surface area contributed by atoms with Gasteiger partial charge in [-0.2, -0.15) is 0 Å². The topological polar surface area (TPSA) is 59.2 Å². The van der Waals surface area contributed by atoms with Crippen LogP contribution in [0.2, 0.25) is 5.02 Å². The second-order valence-corrected chi connectivity index (χ2v) is 6.80. The third-order valence-electron chi connectivity index (χ3n) is 3.99. The first-order valence-corrected chi connectivity index (χ1v) is 9.12. The van der Waals surface area contributed by atoms with Crippen LogP contribution in [-0.4, -0.2) is 29.7 Å². The number of aromatic amines is 1. The molecule has 0 amide bonds. The number of aromatic nitrogens is 2. The van der Waals surface area contributed by atoms with Gasteiger partial charge in [-0.3, -0.25) is 0 Å². The molecule has 3 rings (SSSR count). The Morgan fingerprint density at radius 3 is 2.73 bits per heavy atom. The van der Waals surface area contributed by atoms with Crippen molar-refractivity contribution in [3.63, 3.8) is 0 Å². The van der Waals surface area contributed by atoms with E-state index in [1.54, 1.807) is 7.11 Å². The lowest BCUT2D eigenvalue weighted by atomic mass is 10.2. The molecule has 3 aromatic rings. The summed E-state index contributed by atoms with van der Waals surface area (Å²) >= 11 is 6.40. The average molecular weight is 374 g/mol. The Bertz CT molecular complexity index is 844. The lowest BCUT2D eigenvalue weighted by Crippen LogP contribution is -2.17. The Morgan fingerprint density at radius 1 is 1.19 bits per heavy atom. The van der Waals surface area contributed by atoms with Crippen molar-refractivity contribution in [3.8, 4) is 11.5 Å². The lowest BCUT2D eigenvalue weighted by Gasteiger charge is -2.16. The molecule has 0 aliphatic rings. The Kier molecular flexibility index (Phi) is 6.01. The normalized spacial score (nSPS) is 11.3. The Morgan fingerprint density at radius 2 is 2.00 bits per heavy atom. The van der Waals surface area contributed by atoms with Crippen LogP contribution < -0.4 is 14.8 Å². The van der Waals surface area contributed by atoms with Crippen LogP contribution in [0.1, 0.15) is 25.2 Å². The highest BCUT2D eigenvalue weighted by atomic mass is 35.5. The Balaban J connectivity index is 1.58. The molecule has 138 valence electrons. The van der Waals surface area contributed by atoms with Crippen LogP contribution in [-0.2, 0) is 13.0 Å². The van der Waals surface area contributed by atoms with Gasteiger partial charge in [-0.15, -0.1) is 0 Å². The van der Waals surface area contributed by atoms with Gasteiger partial charge >= 0.3 is 0 Å². The summed E-state index contributed by atoms with van der Waals surface area (Å²) in [5.74, 6) is 2.33. The molecule has 26 heavy (non-hydrogen) atoms. The SMILES string of the molecule is COc1cc(CNCCc2nc3ccccc3[nH]2)c(Cl)cc1OC(C)C. The first-order valence-electron chi connectivity index (χ1n) is 8.74. The van der Waals surface area contributed by atoms with E-state index < -0.39 is 0 Å². The molecular weight excluding hydrogens is 350 g/mol. The van der Waals surface area contributed by atoms with E-state index in [9.17, 15) is 0 Å². The third-order valence-corrected chi connectivity index (χ3v) is 4.34. The van der Waals surface area contributed by atoms with Crippen LogP contribution >= 0.6 is 11.6 Å². The average Bonchev–Trinajstić information content (AvgIpc) is 3.02. The van der Waals surface area contributed by atoms with E-state index in [1.807, 2.05) is 50.2 Å². The maximum atomic E-state index is 6.40. The zero-order valence-corrected chi connectivity index (χ0v) is 16.1. The quantitative estimate of drug-likeness (QED) is 0.576. The van der Waals surface area contributed by atoms with Crippen molar-refractivity contribution in [2.24, 2.45) is 0 Å². The predicted molar refractivity (Wildman–Crippen MR) is 105 cm³/mol. The molecule has 0 fully saturated rings. The first kappa shape index (κ1) is 18.5. The summed E-state index contributed by atoms with van der Waals surface area (Å²) in [5.41, 5.74) is 3.04. The van der Waals surface area contributed by atoms with Crippen LogP contribution in [0.5, 0.6) is 11.5 Å². The molecule has 6 heteroatoms. The van der Waals surface area contributed by atoms with Crippen LogP contribution in [0.25, 0.3) is 11.0 Å². The van der Waals surface area contributed by atoms with E-state index in [0.717, 1.165) is 35.4 Å². The van der Waals surface area contributed by atoms with Crippen LogP contribution in [0.15, 0.2) is 36.4 Å². The molecule has 0 spiro atoms. The minimum atomic E-state index is 0.0627. The number of rotatable bonds is 8. The summed E-state index contributed by atoms with van der Waals surface area (Å²) in [6.45, 7) is 5.39. The number of halogens is 1. The van der Waals surface area contributed by atoms with Gasteiger partial charge in [0.2, 0.25) is 0 Å².